The zero-order valence-corrected chi connectivity index (χ0v) is 12.6. The lowest BCUT2D eigenvalue weighted by atomic mass is 9.98. The fourth-order valence-electron chi connectivity index (χ4n) is 2.37. The summed E-state index contributed by atoms with van der Waals surface area (Å²) in [5.74, 6) is -0.0114. The van der Waals surface area contributed by atoms with Gasteiger partial charge in [0.25, 0.3) is 17.3 Å². The molecule has 8 nitrogen and oxygen atoms in total. The number of nitro groups is 2. The molecule has 1 saturated heterocycles. The summed E-state index contributed by atoms with van der Waals surface area (Å²) in [6.45, 7) is 3.09. The summed E-state index contributed by atoms with van der Waals surface area (Å²) in [6, 6.07) is 1.76. The molecule has 118 valence electrons. The van der Waals surface area contributed by atoms with E-state index in [9.17, 15) is 25.0 Å². The van der Waals surface area contributed by atoms with Crippen molar-refractivity contribution in [2.45, 2.75) is 19.8 Å². The molecule has 1 aliphatic rings. The Morgan fingerprint density at radius 2 is 1.82 bits per heavy atom. The molecule has 1 aromatic rings. The maximum absolute atomic E-state index is 12.5. The second-order valence-corrected chi connectivity index (χ2v) is 5.69. The molecule has 0 bridgehead atoms. The Labute approximate surface area is 131 Å². The second kappa shape index (κ2) is 6.27. The molecule has 1 fully saturated rings. The number of nitrogens with zero attached hydrogens (tertiary/aromatic N) is 3. The van der Waals surface area contributed by atoms with Crippen molar-refractivity contribution in [2.75, 3.05) is 13.1 Å². The molecule has 1 amide bonds. The van der Waals surface area contributed by atoms with Gasteiger partial charge in [-0.3, -0.25) is 25.0 Å². The van der Waals surface area contributed by atoms with Gasteiger partial charge < -0.3 is 4.90 Å². The van der Waals surface area contributed by atoms with E-state index in [-0.39, 0.29) is 10.6 Å². The van der Waals surface area contributed by atoms with E-state index in [0.717, 1.165) is 25.0 Å². The van der Waals surface area contributed by atoms with Crippen LogP contribution < -0.4 is 0 Å². The van der Waals surface area contributed by atoms with Crippen molar-refractivity contribution in [2.24, 2.45) is 5.92 Å². The first-order valence-corrected chi connectivity index (χ1v) is 7.10. The summed E-state index contributed by atoms with van der Waals surface area (Å²) >= 11 is 5.91. The third kappa shape index (κ3) is 3.16. The minimum Gasteiger partial charge on any atom is -0.339 e. The van der Waals surface area contributed by atoms with Crippen molar-refractivity contribution in [3.63, 3.8) is 0 Å². The highest BCUT2D eigenvalue weighted by molar-refractivity contribution is 6.36. The van der Waals surface area contributed by atoms with Gasteiger partial charge in [0.1, 0.15) is 5.02 Å². The van der Waals surface area contributed by atoms with E-state index < -0.39 is 27.1 Å². The molecule has 0 aliphatic carbocycles. The Kier molecular flexibility index (Phi) is 4.60. The molecular formula is C13H14ClN3O5. The normalized spacial score (nSPS) is 15.6. The molecule has 0 aromatic heterocycles. The smallest absolute Gasteiger partial charge is 0.295 e. The number of hydrogen-bond donors (Lipinski definition) is 0. The zero-order chi connectivity index (χ0) is 16.4. The molecule has 2 rings (SSSR count). The number of carbonyl (C=O) groups is 1. The molecule has 1 heterocycles. The molecule has 0 unspecified atom stereocenters. The molecule has 0 radical (unpaired) electrons. The van der Waals surface area contributed by atoms with Crippen molar-refractivity contribution < 1.29 is 14.6 Å². The van der Waals surface area contributed by atoms with Gasteiger partial charge in [0, 0.05) is 19.2 Å². The van der Waals surface area contributed by atoms with Crippen molar-refractivity contribution in [3.05, 3.63) is 42.9 Å². The molecule has 0 spiro atoms. The van der Waals surface area contributed by atoms with Crippen LogP contribution in [0, 0.1) is 26.1 Å². The molecule has 0 N–H and O–H groups in total. The summed E-state index contributed by atoms with van der Waals surface area (Å²) in [5.41, 5.74) is -1.36. The fourth-order valence-corrected chi connectivity index (χ4v) is 2.63. The topological polar surface area (TPSA) is 107 Å². The van der Waals surface area contributed by atoms with Crippen LogP contribution in [0.4, 0.5) is 11.4 Å². The van der Waals surface area contributed by atoms with Crippen LogP contribution >= 0.6 is 11.6 Å². The van der Waals surface area contributed by atoms with Crippen molar-refractivity contribution >= 4 is 28.9 Å². The monoisotopic (exact) mass is 327 g/mol. The van der Waals surface area contributed by atoms with Gasteiger partial charge >= 0.3 is 0 Å². The fraction of sp³-hybridized carbons (Fsp3) is 0.462. The van der Waals surface area contributed by atoms with Crippen LogP contribution in [0.3, 0.4) is 0 Å². The summed E-state index contributed by atoms with van der Waals surface area (Å²) in [5, 5.41) is 21.5. The highest BCUT2D eigenvalue weighted by Crippen LogP contribution is 2.34. The largest absolute Gasteiger partial charge is 0.339 e. The lowest BCUT2D eigenvalue weighted by molar-refractivity contribution is -0.394. The van der Waals surface area contributed by atoms with Crippen LogP contribution in [-0.2, 0) is 0 Å². The molecule has 0 saturated carbocycles. The van der Waals surface area contributed by atoms with Gasteiger partial charge in [-0.1, -0.05) is 18.5 Å². The Hall–Kier alpha value is -2.22. The van der Waals surface area contributed by atoms with Gasteiger partial charge in [0.15, 0.2) is 0 Å². The van der Waals surface area contributed by atoms with Crippen molar-refractivity contribution in [3.8, 4) is 0 Å². The van der Waals surface area contributed by atoms with Gasteiger partial charge in [-0.25, -0.2) is 0 Å². The first-order chi connectivity index (χ1) is 10.3. The highest BCUT2D eigenvalue weighted by atomic mass is 35.5. The van der Waals surface area contributed by atoms with Crippen LogP contribution in [0.1, 0.15) is 30.1 Å². The molecule has 22 heavy (non-hydrogen) atoms. The molecular weight excluding hydrogens is 314 g/mol. The number of non-ortho nitro benzene ring substituents is 1. The average Bonchev–Trinajstić information content (AvgIpc) is 2.47. The highest BCUT2D eigenvalue weighted by Gasteiger charge is 2.30. The number of likely N-dealkylation sites (tertiary alicyclic amines) is 1. The van der Waals surface area contributed by atoms with Gasteiger partial charge in [-0.2, -0.15) is 0 Å². The van der Waals surface area contributed by atoms with Crippen LogP contribution in [0.25, 0.3) is 0 Å². The number of carbonyl (C=O) groups excluding carboxylic acids is 1. The maximum Gasteiger partial charge on any atom is 0.295 e. The first kappa shape index (κ1) is 16.2. The van der Waals surface area contributed by atoms with Crippen LogP contribution in [0.5, 0.6) is 0 Å². The third-order valence-electron chi connectivity index (χ3n) is 3.75. The minimum atomic E-state index is -0.829. The Balaban J connectivity index is 2.42. The molecule has 1 aromatic carbocycles. The van der Waals surface area contributed by atoms with E-state index in [1.54, 1.807) is 0 Å². The van der Waals surface area contributed by atoms with Gasteiger partial charge in [-0.05, 0) is 18.8 Å². The van der Waals surface area contributed by atoms with E-state index in [2.05, 4.69) is 6.92 Å². The van der Waals surface area contributed by atoms with Gasteiger partial charge in [0.05, 0.1) is 21.5 Å². The van der Waals surface area contributed by atoms with Crippen molar-refractivity contribution in [1.29, 1.82) is 0 Å². The van der Waals surface area contributed by atoms with E-state index in [1.807, 2.05) is 0 Å². The van der Waals surface area contributed by atoms with Crippen LogP contribution in [-0.4, -0.2) is 33.7 Å². The number of amides is 1. The molecule has 0 atom stereocenters. The standard InChI is InChI=1S/C13H14ClN3O5/c1-8-2-4-15(5-3-8)13(18)10-6-9(16(19)20)7-11(12(10)14)17(21)22/h6-8H,2-5H2,1H3. The first-order valence-electron chi connectivity index (χ1n) is 6.73. The van der Waals surface area contributed by atoms with Crippen LogP contribution in [0.2, 0.25) is 5.02 Å². The third-order valence-corrected chi connectivity index (χ3v) is 4.14. The second-order valence-electron chi connectivity index (χ2n) is 5.32. The SMILES string of the molecule is CC1CCN(C(=O)c2cc([N+](=O)[O-])cc([N+](=O)[O-])c2Cl)CC1. The maximum atomic E-state index is 12.5. The van der Waals surface area contributed by atoms with E-state index in [1.165, 1.54) is 4.90 Å². The predicted molar refractivity (Wildman–Crippen MR) is 79.1 cm³/mol. The Morgan fingerprint density at radius 3 is 2.32 bits per heavy atom. The minimum absolute atomic E-state index is 0.197. The Bertz CT molecular complexity index is 641. The number of piperidine rings is 1. The van der Waals surface area contributed by atoms with Crippen LogP contribution in [0.15, 0.2) is 12.1 Å². The lowest BCUT2D eigenvalue weighted by Crippen LogP contribution is -2.38. The summed E-state index contributed by atoms with van der Waals surface area (Å²) in [7, 11) is 0. The molecule has 9 heteroatoms. The van der Waals surface area contributed by atoms with E-state index in [4.69, 9.17) is 11.6 Å². The van der Waals surface area contributed by atoms with Gasteiger partial charge in [0.2, 0.25) is 0 Å². The number of rotatable bonds is 3. The lowest BCUT2D eigenvalue weighted by Gasteiger charge is -2.30. The van der Waals surface area contributed by atoms with E-state index in [0.29, 0.717) is 19.0 Å². The molecule has 1 aliphatic heterocycles. The van der Waals surface area contributed by atoms with E-state index >= 15 is 0 Å². The number of nitro benzene ring substituents is 2. The number of halogens is 1. The summed E-state index contributed by atoms with van der Waals surface area (Å²) in [4.78, 5) is 34.2. The van der Waals surface area contributed by atoms with Gasteiger partial charge in [-0.15, -0.1) is 0 Å². The number of benzene rings is 1. The average molecular weight is 328 g/mol. The summed E-state index contributed by atoms with van der Waals surface area (Å²) in [6.07, 6.45) is 1.64. The predicted octanol–water partition coefficient (Wildman–Crippen LogP) is 3.03. The summed E-state index contributed by atoms with van der Waals surface area (Å²) < 4.78 is 0. The van der Waals surface area contributed by atoms with Crippen molar-refractivity contribution in [1.82, 2.24) is 4.90 Å². The Morgan fingerprint density at radius 1 is 1.23 bits per heavy atom. The number of hydrogen-bond acceptors (Lipinski definition) is 5. The quantitative estimate of drug-likeness (QED) is 0.626. The zero-order valence-electron chi connectivity index (χ0n) is 11.8.